The number of ketones is 1. The number of carbonyl (C=O) groups excluding carboxylic acids is 1. The van der Waals surface area contributed by atoms with Crippen LogP contribution in [-0.2, 0) is 6.42 Å². The molecule has 6 rings (SSSR count). The second-order valence-electron chi connectivity index (χ2n) is 10.7. The topological polar surface area (TPSA) is 74.4 Å². The van der Waals surface area contributed by atoms with E-state index in [4.69, 9.17) is 9.97 Å². The van der Waals surface area contributed by atoms with Crippen molar-refractivity contribution in [2.45, 2.75) is 67.2 Å². The summed E-state index contributed by atoms with van der Waals surface area (Å²) < 4.78 is 0. The van der Waals surface area contributed by atoms with Crippen molar-refractivity contribution in [1.29, 1.82) is 0 Å². The third-order valence-electron chi connectivity index (χ3n) is 8.50. The van der Waals surface area contributed by atoms with Crippen molar-refractivity contribution in [2.75, 3.05) is 0 Å². The maximum atomic E-state index is 13.3. The first kappa shape index (κ1) is 24.4. The van der Waals surface area contributed by atoms with Crippen molar-refractivity contribution in [3.05, 3.63) is 75.4 Å². The van der Waals surface area contributed by atoms with Gasteiger partial charge in [-0.2, -0.15) is 0 Å². The highest BCUT2D eigenvalue weighted by molar-refractivity contribution is 6.14. The molecule has 0 spiro atoms. The van der Waals surface area contributed by atoms with Gasteiger partial charge in [-0.1, -0.05) is 32.9 Å². The maximum absolute atomic E-state index is 13.3. The highest BCUT2D eigenvalue weighted by Crippen LogP contribution is 2.41. The first-order chi connectivity index (χ1) is 18.3. The van der Waals surface area contributed by atoms with E-state index in [-0.39, 0.29) is 5.78 Å². The van der Waals surface area contributed by atoms with Gasteiger partial charge in [-0.3, -0.25) is 4.79 Å². The summed E-state index contributed by atoms with van der Waals surface area (Å²) in [7, 11) is 0. The summed E-state index contributed by atoms with van der Waals surface area (Å²) >= 11 is 0. The van der Waals surface area contributed by atoms with Gasteiger partial charge in [-0.15, -0.1) is 0 Å². The molecular weight excluding hydrogens is 468 g/mol. The van der Waals surface area contributed by atoms with Crippen LogP contribution in [0.25, 0.3) is 50.4 Å². The van der Waals surface area contributed by atoms with Gasteiger partial charge < -0.3 is 9.97 Å². The van der Waals surface area contributed by atoms with Gasteiger partial charge in [0.2, 0.25) is 0 Å². The summed E-state index contributed by atoms with van der Waals surface area (Å²) in [6.07, 6.45) is 5.12. The smallest absolute Gasteiger partial charge is 0.169 e. The first-order valence-electron chi connectivity index (χ1n) is 13.6. The predicted octanol–water partition coefficient (Wildman–Crippen LogP) is 8.38. The van der Waals surface area contributed by atoms with Crippen molar-refractivity contribution >= 4 is 56.2 Å². The fourth-order valence-corrected chi connectivity index (χ4v) is 6.34. The van der Waals surface area contributed by atoms with Crippen LogP contribution in [0.1, 0.15) is 102 Å². The number of hydrogen-bond donors (Lipinski definition) is 2. The molecule has 0 amide bonds. The summed E-state index contributed by atoms with van der Waals surface area (Å²) in [6, 6.07) is 6.40. The number of Topliss-reactive ketones (excluding diaryl/α,β-unsaturated/α-hetero) is 1. The number of fused-ring (bicyclic) bond motifs is 8. The molecule has 192 valence electrons. The Bertz CT molecular complexity index is 1810. The van der Waals surface area contributed by atoms with Gasteiger partial charge in [0, 0.05) is 39.7 Å². The Morgan fingerprint density at radius 1 is 0.868 bits per heavy atom. The fourth-order valence-electron chi connectivity index (χ4n) is 6.34. The van der Waals surface area contributed by atoms with E-state index in [1.54, 1.807) is 0 Å². The van der Waals surface area contributed by atoms with Crippen molar-refractivity contribution in [1.82, 2.24) is 19.9 Å². The molecule has 38 heavy (non-hydrogen) atoms. The van der Waals surface area contributed by atoms with Crippen LogP contribution in [0.4, 0.5) is 0 Å². The summed E-state index contributed by atoms with van der Waals surface area (Å²) in [6.45, 7) is 16.9. The van der Waals surface area contributed by atoms with Crippen molar-refractivity contribution in [3.63, 3.8) is 0 Å². The molecule has 2 aliphatic heterocycles. The van der Waals surface area contributed by atoms with Crippen LogP contribution >= 0.6 is 0 Å². The zero-order valence-electron chi connectivity index (χ0n) is 23.1. The van der Waals surface area contributed by atoms with E-state index in [1.807, 2.05) is 13.0 Å². The number of carbonyl (C=O) groups is 1. The Balaban J connectivity index is 1.84. The fraction of sp³-hybridized carbons (Fsp3) is 0.303. The Morgan fingerprint density at radius 3 is 2.24 bits per heavy atom. The summed E-state index contributed by atoms with van der Waals surface area (Å²) in [5.41, 5.74) is 17.5. The van der Waals surface area contributed by atoms with E-state index in [0.717, 1.165) is 91.9 Å². The lowest BCUT2D eigenvalue weighted by Gasteiger charge is -2.05. The van der Waals surface area contributed by atoms with Gasteiger partial charge in [-0.25, -0.2) is 9.97 Å². The maximum Gasteiger partial charge on any atom is 0.169 e. The number of allylic oxidation sites excluding steroid dienone is 4. The molecule has 0 fully saturated rings. The average molecular weight is 503 g/mol. The summed E-state index contributed by atoms with van der Waals surface area (Å²) in [5, 5.41) is 0. The lowest BCUT2D eigenvalue weighted by atomic mass is 9.98. The highest BCUT2D eigenvalue weighted by atomic mass is 16.1. The third-order valence-corrected chi connectivity index (χ3v) is 8.50. The molecule has 2 N–H and O–H groups in total. The second kappa shape index (κ2) is 8.80. The zero-order valence-corrected chi connectivity index (χ0v) is 23.1. The molecule has 0 radical (unpaired) electrons. The molecule has 1 aliphatic carbocycles. The molecule has 8 bridgehead atoms. The predicted molar refractivity (Wildman–Crippen MR) is 159 cm³/mol. The molecule has 0 aromatic carbocycles. The monoisotopic (exact) mass is 502 g/mol. The minimum atomic E-state index is 0.162. The largest absolute Gasteiger partial charge is 0.355 e. The van der Waals surface area contributed by atoms with Crippen LogP contribution in [-0.4, -0.2) is 25.7 Å². The Kier molecular flexibility index (Phi) is 5.64. The Morgan fingerprint density at radius 2 is 1.53 bits per heavy atom. The average Bonchev–Trinajstić information content (AvgIpc) is 3.63. The van der Waals surface area contributed by atoms with Crippen LogP contribution in [0.5, 0.6) is 0 Å². The molecule has 5 nitrogen and oxygen atoms in total. The number of H-pyrrole nitrogens is 2. The molecule has 0 saturated carbocycles. The highest BCUT2D eigenvalue weighted by Gasteiger charge is 2.30. The molecule has 3 aromatic heterocycles. The Hall–Kier alpha value is -3.99. The van der Waals surface area contributed by atoms with Crippen molar-refractivity contribution < 1.29 is 4.79 Å². The number of nitrogens with zero attached hydrogens (tertiary/aromatic N) is 2. The van der Waals surface area contributed by atoms with Crippen molar-refractivity contribution in [2.24, 2.45) is 0 Å². The van der Waals surface area contributed by atoms with Gasteiger partial charge in [-0.05, 0) is 92.2 Å². The molecule has 3 aromatic rings. The number of hydrogen-bond acceptors (Lipinski definition) is 3. The minimum absolute atomic E-state index is 0.162. The van der Waals surface area contributed by atoms with Gasteiger partial charge in [0.15, 0.2) is 5.78 Å². The SMILES string of the molecule is C=Cc1c(C)c2cc3nc(c4c5[nH]c(cc6nc(cc1[nH]2)C(C)=C6CC)c(C)c5C(=O)C4)C(CCC)=C3C. The van der Waals surface area contributed by atoms with Crippen LogP contribution in [0, 0.1) is 13.8 Å². The molecular formula is C33H34N4O. The number of aromatic nitrogens is 4. The summed E-state index contributed by atoms with van der Waals surface area (Å²) in [5.74, 6) is 0.162. The Labute approximate surface area is 223 Å². The van der Waals surface area contributed by atoms with Crippen molar-refractivity contribution in [3.8, 4) is 0 Å². The second-order valence-corrected chi connectivity index (χ2v) is 10.7. The lowest BCUT2D eigenvalue weighted by molar-refractivity contribution is 0.0999. The van der Waals surface area contributed by atoms with Crippen LogP contribution in [0.2, 0.25) is 0 Å². The first-order valence-corrected chi connectivity index (χ1v) is 13.6. The molecule has 0 saturated heterocycles. The van der Waals surface area contributed by atoms with E-state index in [9.17, 15) is 4.79 Å². The van der Waals surface area contributed by atoms with Gasteiger partial charge in [0.1, 0.15) is 0 Å². The molecule has 3 aliphatic rings. The number of aryl methyl sites for hydroxylation is 2. The van der Waals surface area contributed by atoms with E-state index >= 15 is 0 Å². The number of nitrogens with one attached hydrogen (secondary N) is 2. The van der Waals surface area contributed by atoms with Crippen LogP contribution in [0.15, 0.2) is 24.8 Å². The summed E-state index contributed by atoms with van der Waals surface area (Å²) in [4.78, 5) is 30.8. The van der Waals surface area contributed by atoms with Gasteiger partial charge >= 0.3 is 0 Å². The van der Waals surface area contributed by atoms with Crippen LogP contribution in [0.3, 0.4) is 0 Å². The normalized spacial score (nSPS) is 14.7. The minimum Gasteiger partial charge on any atom is -0.355 e. The van der Waals surface area contributed by atoms with Gasteiger partial charge in [0.05, 0.1) is 28.3 Å². The van der Waals surface area contributed by atoms with Gasteiger partial charge in [0.25, 0.3) is 0 Å². The van der Waals surface area contributed by atoms with E-state index < -0.39 is 0 Å². The van der Waals surface area contributed by atoms with E-state index in [2.05, 4.69) is 69.4 Å². The number of rotatable bonds is 4. The standard InChI is InChI=1S/C33H34N4O/c1-8-11-22-18(6)26-13-24-16(4)20(9-2)28(34-24)14-25-17(5)21(10-3)29(35-25)15-27-19(7)31-30(38)12-23(32(22)36-26)33(31)37-27/h9,13-15,34,37H,2,8,10-12H2,1,3-7H3. The zero-order chi connectivity index (χ0) is 26.9. The molecule has 5 heterocycles. The molecule has 5 heteroatoms. The lowest BCUT2D eigenvalue weighted by Crippen LogP contribution is -1.98. The molecule has 0 atom stereocenters. The quantitative estimate of drug-likeness (QED) is 0.376. The van der Waals surface area contributed by atoms with E-state index in [1.165, 1.54) is 22.3 Å². The molecule has 0 unspecified atom stereocenters. The third kappa shape index (κ3) is 3.41. The van der Waals surface area contributed by atoms with E-state index in [0.29, 0.717) is 6.42 Å². The van der Waals surface area contributed by atoms with Crippen LogP contribution < -0.4 is 0 Å². The number of aromatic amines is 2.